The lowest BCUT2D eigenvalue weighted by Crippen LogP contribution is -2.45. The Labute approximate surface area is 202 Å². The fourth-order valence-corrected chi connectivity index (χ4v) is 5.08. The molecule has 7 heteroatoms. The number of amides is 1. The minimum atomic E-state index is 0.0924. The molecule has 0 atom stereocenters. The second-order valence-corrected chi connectivity index (χ2v) is 9.82. The van der Waals surface area contributed by atoms with Gasteiger partial charge >= 0.3 is 0 Å². The van der Waals surface area contributed by atoms with Crippen LogP contribution in [-0.2, 0) is 13.1 Å². The molecule has 1 aliphatic rings. The second kappa shape index (κ2) is 10.6. The third-order valence-corrected chi connectivity index (χ3v) is 6.66. The Balaban J connectivity index is 1.65. The van der Waals surface area contributed by atoms with Gasteiger partial charge in [0, 0.05) is 29.4 Å². The zero-order chi connectivity index (χ0) is 24.2. The summed E-state index contributed by atoms with van der Waals surface area (Å²) in [6.45, 7) is 5.51. The van der Waals surface area contributed by atoms with Crippen LogP contribution >= 0.6 is 0 Å². The number of hydrogen-bond donors (Lipinski definition) is 0. The summed E-state index contributed by atoms with van der Waals surface area (Å²) in [6.07, 6.45) is 7.65. The van der Waals surface area contributed by atoms with Crippen molar-refractivity contribution in [1.82, 2.24) is 24.3 Å². The highest BCUT2D eigenvalue weighted by Gasteiger charge is 2.29. The smallest absolute Gasteiger partial charge is 0.254 e. The molecule has 7 nitrogen and oxygen atoms in total. The highest BCUT2D eigenvalue weighted by molar-refractivity contribution is 5.95. The van der Waals surface area contributed by atoms with Gasteiger partial charge in [0.2, 0.25) is 0 Å². The van der Waals surface area contributed by atoms with E-state index in [-0.39, 0.29) is 11.9 Å². The molecule has 0 aliphatic heterocycles. The number of nitrogens with zero attached hydrogens (tertiary/aromatic N) is 5. The Morgan fingerprint density at radius 1 is 1.18 bits per heavy atom. The van der Waals surface area contributed by atoms with Crippen molar-refractivity contribution in [3.05, 3.63) is 53.5 Å². The summed E-state index contributed by atoms with van der Waals surface area (Å²) in [4.78, 5) is 27.1. The number of methoxy groups -OCH3 is 1. The molecule has 3 aromatic rings. The molecule has 182 valence electrons. The number of hydrogen-bond acceptors (Lipinski definition) is 5. The molecule has 0 radical (unpaired) electrons. The lowest BCUT2D eigenvalue weighted by molar-refractivity contribution is 0.0555. The summed E-state index contributed by atoms with van der Waals surface area (Å²) >= 11 is 0. The number of rotatable bonds is 8. The van der Waals surface area contributed by atoms with Gasteiger partial charge in [0.1, 0.15) is 17.1 Å². The first-order valence-corrected chi connectivity index (χ1v) is 12.3. The monoisotopic (exact) mass is 463 g/mol. The van der Waals surface area contributed by atoms with Gasteiger partial charge in [0.05, 0.1) is 20.2 Å². The van der Waals surface area contributed by atoms with E-state index in [0.717, 1.165) is 35.4 Å². The van der Waals surface area contributed by atoms with Crippen molar-refractivity contribution in [3.8, 4) is 5.75 Å². The number of fused-ring (bicyclic) bond motifs is 1. The van der Waals surface area contributed by atoms with Crippen LogP contribution in [0.2, 0.25) is 0 Å². The zero-order valence-corrected chi connectivity index (χ0v) is 21.1. The van der Waals surface area contributed by atoms with Crippen molar-refractivity contribution in [2.24, 2.45) is 0 Å². The highest BCUT2D eigenvalue weighted by atomic mass is 16.5. The molecule has 34 heavy (non-hydrogen) atoms. The number of aromatic nitrogens is 3. The minimum absolute atomic E-state index is 0.0924. The van der Waals surface area contributed by atoms with Crippen LogP contribution in [-0.4, -0.2) is 63.5 Å². The molecule has 0 N–H and O–H groups in total. The molecule has 1 saturated carbocycles. The number of pyridine rings is 1. The van der Waals surface area contributed by atoms with E-state index in [9.17, 15) is 4.79 Å². The Kier molecular flexibility index (Phi) is 7.51. The molecule has 4 rings (SSSR count). The quantitative estimate of drug-likeness (QED) is 0.483. The molecule has 1 amide bonds. The average Bonchev–Trinajstić information content (AvgIpc) is 3.16. The molecule has 1 fully saturated rings. The van der Waals surface area contributed by atoms with Gasteiger partial charge in [-0.1, -0.05) is 25.3 Å². The zero-order valence-electron chi connectivity index (χ0n) is 21.1. The fourth-order valence-electron chi connectivity index (χ4n) is 5.08. The number of ether oxygens (including phenoxy) is 1. The Morgan fingerprint density at radius 2 is 1.94 bits per heavy atom. The Hall–Kier alpha value is -2.93. The van der Waals surface area contributed by atoms with Crippen molar-refractivity contribution in [2.45, 2.75) is 71.1 Å². The summed E-state index contributed by atoms with van der Waals surface area (Å²) < 4.78 is 7.90. The normalized spacial score (nSPS) is 14.8. The van der Waals surface area contributed by atoms with E-state index < -0.39 is 0 Å². The Morgan fingerprint density at radius 3 is 2.62 bits per heavy atom. The maximum Gasteiger partial charge on any atom is 0.254 e. The third-order valence-electron chi connectivity index (χ3n) is 6.66. The van der Waals surface area contributed by atoms with Crippen LogP contribution in [0, 0.1) is 0 Å². The van der Waals surface area contributed by atoms with Crippen LogP contribution in [0.15, 0.2) is 36.5 Å². The van der Waals surface area contributed by atoms with E-state index in [1.54, 1.807) is 13.3 Å². The van der Waals surface area contributed by atoms with Gasteiger partial charge in [0.15, 0.2) is 5.65 Å². The molecular weight excluding hydrogens is 426 g/mol. The topological polar surface area (TPSA) is 63.5 Å². The molecule has 1 aliphatic carbocycles. The Bertz CT molecular complexity index is 1130. The van der Waals surface area contributed by atoms with Gasteiger partial charge in [-0.3, -0.25) is 4.79 Å². The molecular formula is C27H37N5O2. The van der Waals surface area contributed by atoms with Gasteiger partial charge in [-0.2, -0.15) is 0 Å². The van der Waals surface area contributed by atoms with Crippen molar-refractivity contribution in [1.29, 1.82) is 0 Å². The number of benzene rings is 1. The van der Waals surface area contributed by atoms with Crippen LogP contribution in [0.25, 0.3) is 11.2 Å². The largest absolute Gasteiger partial charge is 0.496 e. The summed E-state index contributed by atoms with van der Waals surface area (Å²) in [7, 11) is 5.73. The van der Waals surface area contributed by atoms with Gasteiger partial charge in [-0.25, -0.2) is 9.97 Å². The van der Waals surface area contributed by atoms with Gasteiger partial charge in [-0.15, -0.1) is 0 Å². The van der Waals surface area contributed by atoms with Gasteiger partial charge < -0.3 is 19.1 Å². The summed E-state index contributed by atoms with van der Waals surface area (Å²) in [5.74, 6) is 1.76. The average molecular weight is 464 g/mol. The second-order valence-electron chi connectivity index (χ2n) is 9.82. The molecule has 0 unspecified atom stereocenters. The SMILES string of the molecule is COc1cc(C(=O)N(C(C)C)C2CCCCC2)ccc1Cn1c(CN(C)C)nc2cccnc21. The maximum absolute atomic E-state index is 13.6. The van der Waals surface area contributed by atoms with Gasteiger partial charge in [-0.05, 0) is 65.0 Å². The minimum Gasteiger partial charge on any atom is -0.496 e. The third kappa shape index (κ3) is 5.09. The highest BCUT2D eigenvalue weighted by Crippen LogP contribution is 2.29. The van der Waals surface area contributed by atoms with Crippen molar-refractivity contribution < 1.29 is 9.53 Å². The van der Waals surface area contributed by atoms with E-state index in [0.29, 0.717) is 30.4 Å². The molecule has 0 bridgehead atoms. The van der Waals surface area contributed by atoms with Crippen LogP contribution in [0.5, 0.6) is 5.75 Å². The predicted octanol–water partition coefficient (Wildman–Crippen LogP) is 4.73. The molecule has 0 spiro atoms. The number of carbonyl (C=O) groups is 1. The molecule has 0 saturated heterocycles. The summed E-state index contributed by atoms with van der Waals surface area (Å²) in [5.41, 5.74) is 3.41. The van der Waals surface area contributed by atoms with Gasteiger partial charge in [0.25, 0.3) is 5.91 Å². The maximum atomic E-state index is 13.6. The van der Waals surface area contributed by atoms with Crippen molar-refractivity contribution in [2.75, 3.05) is 21.2 Å². The standard InChI is InChI=1S/C27H37N5O2/c1-19(2)32(22-10-7-6-8-11-22)27(33)20-13-14-21(24(16-20)34-5)17-31-25(18-30(3)4)29-23-12-9-15-28-26(23)31/h9,12-16,19,22H,6-8,10-11,17-18H2,1-5H3. The lowest BCUT2D eigenvalue weighted by atomic mass is 9.92. The van der Waals surface area contributed by atoms with E-state index in [1.165, 1.54) is 19.3 Å². The van der Waals surface area contributed by atoms with Crippen LogP contribution in [0.4, 0.5) is 0 Å². The summed E-state index contributed by atoms with van der Waals surface area (Å²) in [5, 5.41) is 0. The van der Waals surface area contributed by atoms with Crippen molar-refractivity contribution in [3.63, 3.8) is 0 Å². The lowest BCUT2D eigenvalue weighted by Gasteiger charge is -2.37. The molecule has 1 aromatic carbocycles. The number of carbonyl (C=O) groups excluding carboxylic acids is 1. The van der Waals surface area contributed by atoms with Crippen LogP contribution in [0.1, 0.15) is 67.7 Å². The first kappa shape index (κ1) is 24.2. The van der Waals surface area contributed by atoms with Crippen LogP contribution < -0.4 is 4.74 Å². The number of imidazole rings is 1. The fraction of sp³-hybridized carbons (Fsp3) is 0.519. The van der Waals surface area contributed by atoms with E-state index >= 15 is 0 Å². The molecule has 2 aromatic heterocycles. The van der Waals surface area contributed by atoms with E-state index in [2.05, 4.69) is 33.2 Å². The van der Waals surface area contributed by atoms with Crippen LogP contribution in [0.3, 0.4) is 0 Å². The predicted molar refractivity (Wildman–Crippen MR) is 135 cm³/mol. The van der Waals surface area contributed by atoms with E-state index in [4.69, 9.17) is 9.72 Å². The summed E-state index contributed by atoms with van der Waals surface area (Å²) in [6, 6.07) is 10.2. The first-order valence-electron chi connectivity index (χ1n) is 12.3. The van der Waals surface area contributed by atoms with E-state index in [1.807, 2.05) is 44.4 Å². The van der Waals surface area contributed by atoms with Crippen molar-refractivity contribution >= 4 is 17.1 Å². The first-order chi connectivity index (χ1) is 16.4. The molecule has 2 heterocycles.